The zero-order chi connectivity index (χ0) is 12.0. The Balaban J connectivity index is 2.06. The third-order valence-corrected chi connectivity index (χ3v) is 4.12. The van der Waals surface area contributed by atoms with Crippen molar-refractivity contribution in [2.24, 2.45) is 5.41 Å². The highest BCUT2D eigenvalue weighted by molar-refractivity contribution is 9.10. The first-order valence-electron chi connectivity index (χ1n) is 5.85. The zero-order valence-electron chi connectivity index (χ0n) is 9.78. The molecule has 2 heterocycles. The maximum atomic E-state index is 5.99. The summed E-state index contributed by atoms with van der Waals surface area (Å²) in [6, 6.07) is 1.96. The van der Waals surface area contributed by atoms with Gasteiger partial charge in [0.1, 0.15) is 5.52 Å². The van der Waals surface area contributed by atoms with Crippen molar-refractivity contribution in [2.45, 2.75) is 32.7 Å². The lowest BCUT2D eigenvalue weighted by atomic mass is 9.70. The molecule has 0 atom stereocenters. The molecule has 0 saturated heterocycles. The van der Waals surface area contributed by atoms with Crippen LogP contribution in [0.4, 0.5) is 5.95 Å². The lowest BCUT2D eigenvalue weighted by Crippen LogP contribution is -2.31. The van der Waals surface area contributed by atoms with Gasteiger partial charge in [-0.2, -0.15) is 0 Å². The van der Waals surface area contributed by atoms with Gasteiger partial charge in [-0.15, -0.1) is 0 Å². The maximum Gasteiger partial charge on any atom is 0.202 e. The van der Waals surface area contributed by atoms with E-state index in [1.54, 1.807) is 6.20 Å². The molecule has 3 rings (SSSR count). The summed E-state index contributed by atoms with van der Waals surface area (Å²) < 4.78 is 2.98. The molecular formula is C12H15BrN4. The molecule has 90 valence electrons. The zero-order valence-corrected chi connectivity index (χ0v) is 11.4. The van der Waals surface area contributed by atoms with Gasteiger partial charge in [-0.05, 0) is 40.3 Å². The first-order chi connectivity index (χ1) is 8.07. The second kappa shape index (κ2) is 3.70. The van der Waals surface area contributed by atoms with Crippen molar-refractivity contribution in [3.05, 3.63) is 16.7 Å². The van der Waals surface area contributed by atoms with Crippen LogP contribution in [0.15, 0.2) is 16.7 Å². The summed E-state index contributed by atoms with van der Waals surface area (Å²) in [6.07, 6.45) is 5.65. The molecule has 1 saturated carbocycles. The number of anilines is 1. The molecule has 2 aromatic rings. The Hall–Kier alpha value is -1.10. The van der Waals surface area contributed by atoms with Crippen molar-refractivity contribution in [2.75, 3.05) is 5.73 Å². The summed E-state index contributed by atoms with van der Waals surface area (Å²) in [5.41, 5.74) is 8.11. The smallest absolute Gasteiger partial charge is 0.202 e. The molecule has 0 unspecified atom stereocenters. The van der Waals surface area contributed by atoms with Crippen molar-refractivity contribution < 1.29 is 0 Å². The highest BCUT2D eigenvalue weighted by atomic mass is 79.9. The maximum absolute atomic E-state index is 5.99. The average molecular weight is 295 g/mol. The quantitative estimate of drug-likeness (QED) is 0.926. The number of fused-ring (bicyclic) bond motifs is 1. The largest absolute Gasteiger partial charge is 0.369 e. The van der Waals surface area contributed by atoms with Gasteiger partial charge >= 0.3 is 0 Å². The van der Waals surface area contributed by atoms with Gasteiger partial charge in [0.25, 0.3) is 0 Å². The average Bonchev–Trinajstić information content (AvgIpc) is 2.52. The molecule has 0 bridgehead atoms. The summed E-state index contributed by atoms with van der Waals surface area (Å²) in [5.74, 6) is 0.568. The van der Waals surface area contributed by atoms with E-state index in [1.165, 1.54) is 19.3 Å². The summed E-state index contributed by atoms with van der Waals surface area (Å²) in [7, 11) is 0. The van der Waals surface area contributed by atoms with Crippen LogP contribution in [0.1, 0.15) is 26.2 Å². The fourth-order valence-corrected chi connectivity index (χ4v) is 2.80. The summed E-state index contributed by atoms with van der Waals surface area (Å²) in [6.45, 7) is 3.23. The molecule has 17 heavy (non-hydrogen) atoms. The predicted molar refractivity (Wildman–Crippen MR) is 71.6 cm³/mol. The van der Waals surface area contributed by atoms with Crippen molar-refractivity contribution in [3.8, 4) is 0 Å². The molecule has 2 N–H and O–H groups in total. The van der Waals surface area contributed by atoms with Crippen LogP contribution >= 0.6 is 15.9 Å². The Bertz CT molecular complexity index is 571. The summed E-state index contributed by atoms with van der Waals surface area (Å²) >= 11 is 3.40. The Labute approximate surface area is 108 Å². The second-order valence-corrected chi connectivity index (χ2v) is 6.13. The van der Waals surface area contributed by atoms with E-state index in [2.05, 4.69) is 32.8 Å². The number of aromatic nitrogens is 3. The minimum atomic E-state index is 0.372. The van der Waals surface area contributed by atoms with E-state index in [0.717, 1.165) is 22.2 Å². The van der Waals surface area contributed by atoms with Crippen molar-refractivity contribution in [3.63, 3.8) is 0 Å². The molecular weight excluding hydrogens is 280 g/mol. The molecule has 0 spiro atoms. The number of nitrogens with zero attached hydrogens (tertiary/aromatic N) is 3. The van der Waals surface area contributed by atoms with Crippen LogP contribution in [0.2, 0.25) is 0 Å². The van der Waals surface area contributed by atoms with Crippen LogP contribution in [0, 0.1) is 5.41 Å². The first kappa shape index (κ1) is 11.0. The van der Waals surface area contributed by atoms with Gasteiger partial charge in [-0.1, -0.05) is 13.3 Å². The minimum absolute atomic E-state index is 0.372. The molecule has 0 aliphatic heterocycles. The summed E-state index contributed by atoms with van der Waals surface area (Å²) in [5, 5.41) is 0. The third kappa shape index (κ3) is 1.82. The number of halogens is 1. The van der Waals surface area contributed by atoms with E-state index in [9.17, 15) is 0 Å². The number of pyridine rings is 1. The van der Waals surface area contributed by atoms with Crippen LogP contribution in [-0.2, 0) is 6.54 Å². The van der Waals surface area contributed by atoms with Gasteiger partial charge in [-0.3, -0.25) is 4.57 Å². The Morgan fingerprint density at radius 1 is 1.53 bits per heavy atom. The van der Waals surface area contributed by atoms with Crippen LogP contribution in [0.5, 0.6) is 0 Å². The van der Waals surface area contributed by atoms with E-state index < -0.39 is 0 Å². The minimum Gasteiger partial charge on any atom is -0.369 e. The molecule has 1 fully saturated rings. The fraction of sp³-hybridized carbons (Fsp3) is 0.500. The number of nitrogen functional groups attached to an aromatic ring is 1. The molecule has 0 aromatic carbocycles. The number of imidazole rings is 1. The normalized spacial score (nSPS) is 18.2. The van der Waals surface area contributed by atoms with Crippen LogP contribution < -0.4 is 5.73 Å². The monoisotopic (exact) mass is 294 g/mol. The second-order valence-electron chi connectivity index (χ2n) is 5.22. The van der Waals surface area contributed by atoms with Crippen molar-refractivity contribution in [1.29, 1.82) is 0 Å². The van der Waals surface area contributed by atoms with Gasteiger partial charge in [0.2, 0.25) is 5.95 Å². The summed E-state index contributed by atoms with van der Waals surface area (Å²) in [4.78, 5) is 8.78. The SMILES string of the molecule is CC1(Cn2c(N)nc3cc(Br)cnc32)CCC1. The van der Waals surface area contributed by atoms with Gasteiger partial charge in [-0.25, -0.2) is 9.97 Å². The lowest BCUT2D eigenvalue weighted by molar-refractivity contribution is 0.134. The van der Waals surface area contributed by atoms with E-state index >= 15 is 0 Å². The van der Waals surface area contributed by atoms with Gasteiger partial charge < -0.3 is 5.73 Å². The number of hydrogen-bond donors (Lipinski definition) is 1. The van der Waals surface area contributed by atoms with Crippen LogP contribution in [0.3, 0.4) is 0 Å². The van der Waals surface area contributed by atoms with Gasteiger partial charge in [0, 0.05) is 17.2 Å². The number of hydrogen-bond acceptors (Lipinski definition) is 3. The van der Waals surface area contributed by atoms with Crippen LogP contribution in [-0.4, -0.2) is 14.5 Å². The number of rotatable bonds is 2. The number of nitrogens with two attached hydrogens (primary N) is 1. The molecule has 1 aliphatic carbocycles. The highest BCUT2D eigenvalue weighted by Crippen LogP contribution is 2.42. The van der Waals surface area contributed by atoms with E-state index in [4.69, 9.17) is 5.73 Å². The highest BCUT2D eigenvalue weighted by Gasteiger charge is 2.33. The van der Waals surface area contributed by atoms with Crippen molar-refractivity contribution >= 4 is 33.0 Å². The van der Waals surface area contributed by atoms with E-state index in [0.29, 0.717) is 11.4 Å². The Kier molecular flexibility index (Phi) is 2.40. The molecule has 1 aliphatic rings. The lowest BCUT2D eigenvalue weighted by Gasteiger charge is -2.38. The first-order valence-corrected chi connectivity index (χ1v) is 6.64. The van der Waals surface area contributed by atoms with E-state index in [-0.39, 0.29) is 0 Å². The van der Waals surface area contributed by atoms with Gasteiger partial charge in [0.05, 0.1) is 0 Å². The molecule has 4 nitrogen and oxygen atoms in total. The van der Waals surface area contributed by atoms with Crippen LogP contribution in [0.25, 0.3) is 11.2 Å². The standard InChI is InChI=1S/C12H15BrN4/c1-12(3-2-4-12)7-17-10-9(16-11(17)14)5-8(13)6-15-10/h5-6H,2-4,7H2,1H3,(H2,14,16). The topological polar surface area (TPSA) is 56.7 Å². The fourth-order valence-electron chi connectivity index (χ4n) is 2.48. The van der Waals surface area contributed by atoms with E-state index in [1.807, 2.05) is 10.6 Å². The van der Waals surface area contributed by atoms with Crippen molar-refractivity contribution in [1.82, 2.24) is 14.5 Å². The Morgan fingerprint density at radius 3 is 2.94 bits per heavy atom. The predicted octanol–water partition coefficient (Wildman–Crippen LogP) is 2.97. The van der Waals surface area contributed by atoms with Gasteiger partial charge in [0.15, 0.2) is 5.65 Å². The third-order valence-electron chi connectivity index (χ3n) is 3.68. The molecule has 5 heteroatoms. The molecule has 2 aromatic heterocycles. The molecule has 0 amide bonds. The Morgan fingerprint density at radius 2 is 2.29 bits per heavy atom. The molecule has 0 radical (unpaired) electrons.